The van der Waals surface area contributed by atoms with Crippen LogP contribution >= 0.6 is 11.8 Å². The fourth-order valence-electron chi connectivity index (χ4n) is 0.259. The maximum atomic E-state index is 10.3. The van der Waals surface area contributed by atoms with Gasteiger partial charge in [-0.15, -0.1) is 0 Å². The van der Waals surface area contributed by atoms with Crippen LogP contribution in [0, 0.1) is 0 Å². The van der Waals surface area contributed by atoms with Crippen LogP contribution < -0.4 is 0 Å². The first kappa shape index (κ1) is 8.94. The van der Waals surface area contributed by atoms with Crippen molar-refractivity contribution in [1.82, 2.24) is 0 Å². The van der Waals surface area contributed by atoms with Gasteiger partial charge in [-0.25, -0.2) is 0 Å². The molecule has 0 spiro atoms. The molecule has 0 aromatic heterocycles. The van der Waals surface area contributed by atoms with E-state index >= 15 is 0 Å². The molecule has 0 aliphatic carbocycles. The van der Waals surface area contributed by atoms with Gasteiger partial charge in [0.05, 0.1) is 6.10 Å². The van der Waals surface area contributed by atoms with Crippen LogP contribution in [-0.4, -0.2) is 33.8 Å². The number of aliphatic hydroxyl groups excluding tert-OH is 2. The minimum absolute atomic E-state index is 0.295. The zero-order chi connectivity index (χ0) is 7.28. The first-order valence-electron chi connectivity index (χ1n) is 2.61. The lowest BCUT2D eigenvalue weighted by atomic mass is 10.5. The molecule has 1 unspecified atom stereocenters. The third-order valence-electron chi connectivity index (χ3n) is 0.615. The quantitative estimate of drug-likeness (QED) is 0.575. The van der Waals surface area contributed by atoms with Crippen molar-refractivity contribution >= 4 is 16.9 Å². The topological polar surface area (TPSA) is 57.5 Å². The lowest BCUT2D eigenvalue weighted by Gasteiger charge is -1.99. The highest BCUT2D eigenvalue weighted by atomic mass is 32.2. The van der Waals surface area contributed by atoms with Gasteiger partial charge in [0.25, 0.3) is 0 Å². The summed E-state index contributed by atoms with van der Waals surface area (Å²) in [5, 5.41) is 16.5. The fourth-order valence-corrected chi connectivity index (χ4v) is 0.778. The molecule has 0 fully saturated rings. The van der Waals surface area contributed by atoms with E-state index in [0.29, 0.717) is 5.75 Å². The van der Waals surface area contributed by atoms with Crippen molar-refractivity contribution in [3.8, 4) is 0 Å². The Morgan fingerprint density at radius 3 is 2.67 bits per heavy atom. The summed E-state index contributed by atoms with van der Waals surface area (Å²) in [5.41, 5.74) is 0. The molecule has 1 atom stereocenters. The summed E-state index contributed by atoms with van der Waals surface area (Å²) in [5.74, 6) is 0.361. The zero-order valence-corrected chi connectivity index (χ0v) is 6.02. The Morgan fingerprint density at radius 2 is 2.33 bits per heavy atom. The van der Waals surface area contributed by atoms with Crippen molar-refractivity contribution in [3.63, 3.8) is 0 Å². The Morgan fingerprint density at radius 1 is 1.78 bits per heavy atom. The fraction of sp³-hybridized carbons (Fsp3) is 0.800. The molecule has 0 radical (unpaired) electrons. The van der Waals surface area contributed by atoms with Crippen molar-refractivity contribution in [2.75, 3.05) is 12.4 Å². The Bertz CT molecular complexity index is 92.2. The molecule has 0 heterocycles. The van der Waals surface area contributed by atoms with E-state index in [-0.39, 0.29) is 5.12 Å². The number of hydrogen-bond donors (Lipinski definition) is 2. The predicted octanol–water partition coefficient (Wildman–Crippen LogP) is -0.381. The van der Waals surface area contributed by atoms with Crippen LogP contribution in [0.2, 0.25) is 0 Å². The lowest BCUT2D eigenvalue weighted by molar-refractivity contribution is -0.113. The minimum Gasteiger partial charge on any atom is -0.393 e. The first-order valence-corrected chi connectivity index (χ1v) is 3.60. The molecule has 0 saturated carbocycles. The second kappa shape index (κ2) is 4.78. The highest BCUT2D eigenvalue weighted by molar-refractivity contribution is 8.13. The predicted molar refractivity (Wildman–Crippen MR) is 36.2 cm³/mol. The van der Waals surface area contributed by atoms with E-state index in [4.69, 9.17) is 10.2 Å². The van der Waals surface area contributed by atoms with E-state index in [1.165, 1.54) is 0 Å². The van der Waals surface area contributed by atoms with Crippen LogP contribution in [-0.2, 0) is 4.79 Å². The van der Waals surface area contributed by atoms with Gasteiger partial charge in [0, 0.05) is 5.75 Å². The average molecular weight is 150 g/mol. The van der Waals surface area contributed by atoms with Gasteiger partial charge in [-0.3, -0.25) is 4.79 Å². The third kappa shape index (κ3) is 5.82. The lowest BCUT2D eigenvalue weighted by Crippen LogP contribution is -2.07. The van der Waals surface area contributed by atoms with Gasteiger partial charge in [0.15, 0.2) is 0 Å². The van der Waals surface area contributed by atoms with Gasteiger partial charge < -0.3 is 10.2 Å². The molecule has 54 valence electrons. The van der Waals surface area contributed by atoms with Crippen LogP contribution in [0.25, 0.3) is 0 Å². The van der Waals surface area contributed by atoms with Gasteiger partial charge in [-0.1, -0.05) is 11.8 Å². The second-order valence-corrected chi connectivity index (χ2v) is 2.77. The van der Waals surface area contributed by atoms with Crippen molar-refractivity contribution in [1.29, 1.82) is 0 Å². The van der Waals surface area contributed by atoms with E-state index < -0.39 is 12.7 Å². The molecule has 0 aromatic carbocycles. The Kier molecular flexibility index (Phi) is 4.75. The standard InChI is InChI=1S/C5H10O3S/c1-4(7)3-9-5(8)2-6/h4,6-7H,2-3H2,1H3. The Hall–Kier alpha value is -0.0600. The van der Waals surface area contributed by atoms with Gasteiger partial charge >= 0.3 is 0 Å². The summed E-state index contributed by atoms with van der Waals surface area (Å²) in [4.78, 5) is 10.3. The van der Waals surface area contributed by atoms with E-state index in [1.807, 2.05) is 0 Å². The normalized spacial score (nSPS) is 13.2. The molecule has 0 saturated heterocycles. The van der Waals surface area contributed by atoms with Crippen molar-refractivity contribution in [2.45, 2.75) is 13.0 Å². The third-order valence-corrected chi connectivity index (χ3v) is 1.71. The van der Waals surface area contributed by atoms with Crippen molar-refractivity contribution in [2.24, 2.45) is 0 Å². The Balaban J connectivity index is 3.17. The molecule has 0 rings (SSSR count). The second-order valence-electron chi connectivity index (χ2n) is 1.69. The SMILES string of the molecule is CC(O)CSC(=O)CO. The van der Waals surface area contributed by atoms with Crippen molar-refractivity contribution < 1.29 is 15.0 Å². The summed E-state index contributed by atoms with van der Waals surface area (Å²) in [6.07, 6.45) is -0.481. The Labute approximate surface area is 58.1 Å². The highest BCUT2D eigenvalue weighted by Crippen LogP contribution is 2.02. The maximum absolute atomic E-state index is 10.3. The van der Waals surface area contributed by atoms with E-state index in [2.05, 4.69) is 0 Å². The molecule has 2 N–H and O–H groups in total. The van der Waals surface area contributed by atoms with Crippen LogP contribution in [0.15, 0.2) is 0 Å². The number of carbonyl (C=O) groups excluding carboxylic acids is 1. The van der Waals surface area contributed by atoms with Crippen LogP contribution in [0.5, 0.6) is 0 Å². The van der Waals surface area contributed by atoms with Crippen molar-refractivity contribution in [3.05, 3.63) is 0 Å². The van der Waals surface area contributed by atoms with E-state index in [1.54, 1.807) is 6.92 Å². The number of aliphatic hydroxyl groups is 2. The zero-order valence-electron chi connectivity index (χ0n) is 5.20. The molecular weight excluding hydrogens is 140 g/mol. The minimum atomic E-state index is -0.481. The summed E-state index contributed by atoms with van der Waals surface area (Å²) in [7, 11) is 0. The maximum Gasteiger partial charge on any atom is 0.214 e. The van der Waals surface area contributed by atoms with E-state index in [0.717, 1.165) is 11.8 Å². The summed E-state index contributed by atoms with van der Waals surface area (Å²) < 4.78 is 0. The van der Waals surface area contributed by atoms with Gasteiger partial charge in [0.2, 0.25) is 5.12 Å². The molecule has 0 amide bonds. The van der Waals surface area contributed by atoms with Crippen LogP contribution in [0.1, 0.15) is 6.92 Å². The molecule has 4 heteroatoms. The average Bonchev–Trinajstić information content (AvgIpc) is 1.83. The van der Waals surface area contributed by atoms with Gasteiger partial charge in [-0.05, 0) is 6.92 Å². The molecule has 0 aromatic rings. The molecule has 3 nitrogen and oxygen atoms in total. The summed E-state index contributed by atoms with van der Waals surface area (Å²) in [6.45, 7) is 1.15. The molecule has 9 heavy (non-hydrogen) atoms. The molecule has 0 aliphatic rings. The van der Waals surface area contributed by atoms with Crippen LogP contribution in [0.4, 0.5) is 0 Å². The van der Waals surface area contributed by atoms with Crippen LogP contribution in [0.3, 0.4) is 0 Å². The number of hydrogen-bond acceptors (Lipinski definition) is 4. The van der Waals surface area contributed by atoms with Gasteiger partial charge in [-0.2, -0.15) is 0 Å². The summed E-state index contributed by atoms with van der Waals surface area (Å²) >= 11 is 0.946. The summed E-state index contributed by atoms with van der Waals surface area (Å²) in [6, 6.07) is 0. The largest absolute Gasteiger partial charge is 0.393 e. The number of thioether (sulfide) groups is 1. The molecular formula is C5H10O3S. The number of carbonyl (C=O) groups is 1. The molecule has 0 bridgehead atoms. The highest BCUT2D eigenvalue weighted by Gasteiger charge is 2.01. The van der Waals surface area contributed by atoms with E-state index in [9.17, 15) is 4.79 Å². The number of rotatable bonds is 3. The molecule has 0 aliphatic heterocycles. The first-order chi connectivity index (χ1) is 4.16. The smallest absolute Gasteiger partial charge is 0.214 e. The monoisotopic (exact) mass is 150 g/mol. The van der Waals surface area contributed by atoms with Gasteiger partial charge in [0.1, 0.15) is 6.61 Å².